The summed E-state index contributed by atoms with van der Waals surface area (Å²) in [5.41, 5.74) is 11.7. The van der Waals surface area contributed by atoms with Gasteiger partial charge in [-0.05, 0) is 35.9 Å². The van der Waals surface area contributed by atoms with E-state index in [1.54, 1.807) is 0 Å². The molecule has 5 nitrogen and oxygen atoms in total. The number of nitrogen functional groups attached to an aromatic ring is 1. The van der Waals surface area contributed by atoms with E-state index in [0.29, 0.717) is 6.54 Å². The molecule has 2 N–H and O–H groups in total. The highest BCUT2D eigenvalue weighted by molar-refractivity contribution is 5.92. The predicted molar refractivity (Wildman–Crippen MR) is 122 cm³/mol. The lowest BCUT2D eigenvalue weighted by atomic mass is 10.1. The second kappa shape index (κ2) is 7.51. The van der Waals surface area contributed by atoms with E-state index in [-0.39, 0.29) is 0 Å². The van der Waals surface area contributed by atoms with Crippen LogP contribution in [0.25, 0.3) is 21.9 Å². The van der Waals surface area contributed by atoms with Gasteiger partial charge in [0.2, 0.25) is 0 Å². The maximum absolute atomic E-state index is 6.31. The molecule has 1 heterocycles. The molecule has 0 aliphatic heterocycles. The van der Waals surface area contributed by atoms with E-state index in [1.165, 1.54) is 0 Å². The lowest BCUT2D eigenvalue weighted by Gasteiger charge is -2.15. The molecule has 0 amide bonds. The van der Waals surface area contributed by atoms with Gasteiger partial charge < -0.3 is 20.0 Å². The van der Waals surface area contributed by atoms with Crippen LogP contribution in [0.2, 0.25) is 0 Å². The molecule has 0 aliphatic carbocycles. The van der Waals surface area contributed by atoms with E-state index < -0.39 is 0 Å². The van der Waals surface area contributed by atoms with Crippen LogP contribution in [0.3, 0.4) is 0 Å². The van der Waals surface area contributed by atoms with Crippen molar-refractivity contribution in [2.75, 3.05) is 43.7 Å². The zero-order valence-corrected chi connectivity index (χ0v) is 17.3. The van der Waals surface area contributed by atoms with Crippen molar-refractivity contribution in [3.05, 3.63) is 71.6 Å². The average Bonchev–Trinajstić information content (AvgIpc) is 2.71. The molecular weight excluding hydrogens is 360 g/mol. The Morgan fingerprint density at radius 1 is 0.793 bits per heavy atom. The molecule has 0 spiro atoms. The number of nitrogens with two attached hydrogens (primary N) is 1. The molecule has 1 aromatic heterocycles. The Kier molecular flexibility index (Phi) is 4.89. The standard InChI is InChI=1S/C24H26N4O/c1-27(2)17-9-11-19-22(13-17)29-23-14-18(28(3)4)10-12-20(23)24(19)26-15-16-7-5-6-8-21(16)25/h5-14H,15,25H2,1-4H3. The van der Waals surface area contributed by atoms with Gasteiger partial charge in [0, 0.05) is 68.2 Å². The van der Waals surface area contributed by atoms with Crippen LogP contribution < -0.4 is 20.9 Å². The van der Waals surface area contributed by atoms with Crippen molar-refractivity contribution in [2.45, 2.75) is 6.54 Å². The van der Waals surface area contributed by atoms with Crippen LogP contribution in [-0.2, 0) is 6.54 Å². The normalized spacial score (nSPS) is 11.0. The minimum Gasteiger partial charge on any atom is -0.456 e. The summed E-state index contributed by atoms with van der Waals surface area (Å²) >= 11 is 0. The SMILES string of the molecule is CN(C)c1ccc2c(=NCc3ccccc3N)c3ccc(N(C)C)cc3oc2c1. The number of para-hydroxylation sites is 1. The van der Waals surface area contributed by atoms with Crippen molar-refractivity contribution in [3.63, 3.8) is 0 Å². The van der Waals surface area contributed by atoms with Crippen LogP contribution in [0.4, 0.5) is 17.1 Å². The van der Waals surface area contributed by atoms with Crippen LogP contribution >= 0.6 is 0 Å². The van der Waals surface area contributed by atoms with Crippen molar-refractivity contribution in [1.82, 2.24) is 0 Å². The van der Waals surface area contributed by atoms with Crippen LogP contribution in [0.15, 0.2) is 70.1 Å². The predicted octanol–water partition coefficient (Wildman–Crippen LogP) is 4.40. The van der Waals surface area contributed by atoms with Gasteiger partial charge in [-0.3, -0.25) is 4.99 Å². The minimum absolute atomic E-state index is 0.520. The lowest BCUT2D eigenvalue weighted by molar-refractivity contribution is 0.659. The third-order valence-electron chi connectivity index (χ3n) is 5.16. The van der Waals surface area contributed by atoms with E-state index in [0.717, 1.165) is 49.9 Å². The van der Waals surface area contributed by atoms with Gasteiger partial charge >= 0.3 is 0 Å². The van der Waals surface area contributed by atoms with E-state index in [4.69, 9.17) is 15.1 Å². The van der Waals surface area contributed by atoms with Crippen LogP contribution in [0.1, 0.15) is 5.56 Å². The molecule has 0 aliphatic rings. The molecule has 0 unspecified atom stereocenters. The zero-order chi connectivity index (χ0) is 20.5. The molecule has 0 fully saturated rings. The van der Waals surface area contributed by atoms with Crippen molar-refractivity contribution >= 4 is 39.0 Å². The van der Waals surface area contributed by atoms with Gasteiger partial charge in [-0.15, -0.1) is 0 Å². The summed E-state index contributed by atoms with van der Waals surface area (Å²) < 4.78 is 6.31. The molecule has 4 rings (SSSR count). The Balaban J connectivity index is 1.99. The van der Waals surface area contributed by atoms with Gasteiger partial charge in [0.25, 0.3) is 0 Å². The first kappa shape index (κ1) is 18.9. The Labute approximate surface area is 170 Å². The third kappa shape index (κ3) is 3.63. The highest BCUT2D eigenvalue weighted by atomic mass is 16.3. The smallest absolute Gasteiger partial charge is 0.138 e. The van der Waals surface area contributed by atoms with E-state index >= 15 is 0 Å². The molecule has 0 saturated carbocycles. The minimum atomic E-state index is 0.520. The molecule has 5 heteroatoms. The fourth-order valence-corrected chi connectivity index (χ4v) is 3.41. The third-order valence-corrected chi connectivity index (χ3v) is 5.16. The van der Waals surface area contributed by atoms with Crippen molar-refractivity contribution in [3.8, 4) is 0 Å². The zero-order valence-electron chi connectivity index (χ0n) is 17.3. The summed E-state index contributed by atoms with van der Waals surface area (Å²) in [5.74, 6) is 0. The maximum atomic E-state index is 6.31. The first-order chi connectivity index (χ1) is 13.9. The molecule has 0 atom stereocenters. The van der Waals surface area contributed by atoms with Crippen molar-refractivity contribution in [2.24, 2.45) is 4.99 Å². The van der Waals surface area contributed by atoms with Gasteiger partial charge in [-0.1, -0.05) is 18.2 Å². The lowest BCUT2D eigenvalue weighted by Crippen LogP contribution is -2.11. The Morgan fingerprint density at radius 3 is 1.86 bits per heavy atom. The number of hydrogen-bond acceptors (Lipinski definition) is 5. The largest absolute Gasteiger partial charge is 0.456 e. The van der Waals surface area contributed by atoms with Gasteiger partial charge in [-0.25, -0.2) is 0 Å². The summed E-state index contributed by atoms with van der Waals surface area (Å²) in [6, 6.07) is 20.3. The molecule has 0 saturated heterocycles. The van der Waals surface area contributed by atoms with Gasteiger partial charge in [0.15, 0.2) is 0 Å². The van der Waals surface area contributed by atoms with E-state index in [9.17, 15) is 0 Å². The first-order valence-corrected chi connectivity index (χ1v) is 9.63. The molecule has 3 aromatic carbocycles. The number of benzene rings is 3. The fourth-order valence-electron chi connectivity index (χ4n) is 3.41. The number of rotatable bonds is 4. The fraction of sp³-hybridized carbons (Fsp3) is 0.208. The second-order valence-electron chi connectivity index (χ2n) is 7.62. The summed E-state index contributed by atoms with van der Waals surface area (Å²) in [7, 11) is 8.09. The van der Waals surface area contributed by atoms with Crippen LogP contribution in [0.5, 0.6) is 0 Å². The topological polar surface area (TPSA) is 58.0 Å². The first-order valence-electron chi connectivity index (χ1n) is 9.63. The highest BCUT2D eigenvalue weighted by Crippen LogP contribution is 2.26. The Morgan fingerprint density at radius 2 is 1.34 bits per heavy atom. The number of fused-ring (bicyclic) bond motifs is 2. The highest BCUT2D eigenvalue weighted by Gasteiger charge is 2.10. The quantitative estimate of drug-likeness (QED) is 0.417. The molecular formula is C24H26N4O. The second-order valence-corrected chi connectivity index (χ2v) is 7.62. The van der Waals surface area contributed by atoms with Gasteiger partial charge in [0.1, 0.15) is 11.2 Å². The molecule has 0 radical (unpaired) electrons. The van der Waals surface area contributed by atoms with E-state index in [1.807, 2.05) is 52.5 Å². The monoisotopic (exact) mass is 386 g/mol. The molecule has 4 aromatic rings. The Hall–Kier alpha value is -3.47. The number of anilines is 3. The van der Waals surface area contributed by atoms with Crippen LogP contribution in [0, 0.1) is 0 Å². The average molecular weight is 386 g/mol. The number of hydrogen-bond donors (Lipinski definition) is 1. The summed E-state index contributed by atoms with van der Waals surface area (Å²) in [4.78, 5) is 9.11. The summed E-state index contributed by atoms with van der Waals surface area (Å²) in [6.45, 7) is 0.520. The van der Waals surface area contributed by atoms with Crippen molar-refractivity contribution in [1.29, 1.82) is 0 Å². The van der Waals surface area contributed by atoms with Gasteiger partial charge in [0.05, 0.1) is 11.9 Å². The van der Waals surface area contributed by atoms with Crippen LogP contribution in [-0.4, -0.2) is 28.2 Å². The van der Waals surface area contributed by atoms with Crippen molar-refractivity contribution < 1.29 is 4.42 Å². The molecule has 29 heavy (non-hydrogen) atoms. The Bertz CT molecular complexity index is 1190. The molecule has 0 bridgehead atoms. The van der Waals surface area contributed by atoms with E-state index in [2.05, 4.69) is 46.2 Å². The molecule has 148 valence electrons. The number of nitrogens with zero attached hydrogens (tertiary/aromatic N) is 3. The maximum Gasteiger partial charge on any atom is 0.138 e. The van der Waals surface area contributed by atoms with Gasteiger partial charge in [-0.2, -0.15) is 0 Å². The summed E-state index contributed by atoms with van der Waals surface area (Å²) in [6.07, 6.45) is 0. The summed E-state index contributed by atoms with van der Waals surface area (Å²) in [5, 5.41) is 2.92.